The fourth-order valence-electron chi connectivity index (χ4n) is 1.60. The van der Waals surface area contributed by atoms with Crippen LogP contribution in [0, 0.1) is 6.07 Å². The van der Waals surface area contributed by atoms with E-state index in [1.807, 2.05) is 12.1 Å². The zero-order valence-electron chi connectivity index (χ0n) is 6.92. The maximum absolute atomic E-state index is 3.61. The number of fused-ring (bicyclic) bond motifs is 1. The Labute approximate surface area is 81.4 Å². The standard InChI is InChI=1S/C11H10Br/c1-8(12)10-7-6-9-4-2-3-5-11(9)10/h2-3,5-8,10H,1H3. The van der Waals surface area contributed by atoms with Crippen LogP contribution in [-0.2, 0) is 0 Å². The van der Waals surface area contributed by atoms with Crippen molar-refractivity contribution in [3.05, 3.63) is 41.5 Å². The van der Waals surface area contributed by atoms with Gasteiger partial charge < -0.3 is 0 Å². The Kier molecular flexibility index (Phi) is 2.05. The van der Waals surface area contributed by atoms with Gasteiger partial charge in [0.15, 0.2) is 0 Å². The molecule has 0 fully saturated rings. The van der Waals surface area contributed by atoms with Gasteiger partial charge in [-0.25, -0.2) is 0 Å². The van der Waals surface area contributed by atoms with Gasteiger partial charge in [0.25, 0.3) is 0 Å². The molecular weight excluding hydrogens is 212 g/mol. The topological polar surface area (TPSA) is 0 Å². The Morgan fingerprint density at radius 3 is 3.17 bits per heavy atom. The van der Waals surface area contributed by atoms with Gasteiger partial charge >= 0.3 is 0 Å². The summed E-state index contributed by atoms with van der Waals surface area (Å²) in [7, 11) is 0. The van der Waals surface area contributed by atoms with Crippen molar-refractivity contribution >= 4 is 22.0 Å². The minimum Gasteiger partial charge on any atom is -0.0884 e. The Bertz CT molecular complexity index is 313. The van der Waals surface area contributed by atoms with Crippen LogP contribution in [-0.4, -0.2) is 4.83 Å². The highest BCUT2D eigenvalue weighted by Gasteiger charge is 2.20. The van der Waals surface area contributed by atoms with Gasteiger partial charge in [-0.1, -0.05) is 53.2 Å². The van der Waals surface area contributed by atoms with E-state index in [2.05, 4.69) is 47.1 Å². The molecule has 1 aliphatic carbocycles. The summed E-state index contributed by atoms with van der Waals surface area (Å²) in [6.45, 7) is 2.18. The van der Waals surface area contributed by atoms with E-state index in [1.54, 1.807) is 0 Å². The van der Waals surface area contributed by atoms with Crippen molar-refractivity contribution < 1.29 is 0 Å². The molecule has 0 aliphatic heterocycles. The van der Waals surface area contributed by atoms with Crippen molar-refractivity contribution in [1.82, 2.24) is 0 Å². The van der Waals surface area contributed by atoms with Crippen LogP contribution >= 0.6 is 15.9 Å². The summed E-state index contributed by atoms with van der Waals surface area (Å²) in [5.74, 6) is 0.525. The fourth-order valence-corrected chi connectivity index (χ4v) is 2.06. The second-order valence-corrected chi connectivity index (χ2v) is 4.55. The maximum atomic E-state index is 3.61. The molecule has 0 spiro atoms. The van der Waals surface area contributed by atoms with Gasteiger partial charge in [-0.15, -0.1) is 0 Å². The van der Waals surface area contributed by atoms with E-state index in [-0.39, 0.29) is 0 Å². The highest BCUT2D eigenvalue weighted by Crippen LogP contribution is 2.34. The summed E-state index contributed by atoms with van der Waals surface area (Å²) in [6.07, 6.45) is 4.39. The zero-order valence-corrected chi connectivity index (χ0v) is 8.51. The molecule has 2 unspecified atom stereocenters. The molecule has 2 atom stereocenters. The van der Waals surface area contributed by atoms with E-state index < -0.39 is 0 Å². The Balaban J connectivity index is 2.42. The predicted molar refractivity (Wildman–Crippen MR) is 55.4 cm³/mol. The molecule has 0 bridgehead atoms. The van der Waals surface area contributed by atoms with E-state index in [0.29, 0.717) is 10.7 Å². The van der Waals surface area contributed by atoms with Crippen LogP contribution < -0.4 is 0 Å². The number of benzene rings is 1. The van der Waals surface area contributed by atoms with Gasteiger partial charge in [0.2, 0.25) is 0 Å². The first-order valence-electron chi connectivity index (χ1n) is 4.12. The molecule has 1 heteroatoms. The molecule has 0 nitrogen and oxygen atoms in total. The summed E-state index contributed by atoms with van der Waals surface area (Å²) >= 11 is 3.61. The summed E-state index contributed by atoms with van der Waals surface area (Å²) in [5.41, 5.74) is 2.63. The molecule has 0 saturated carbocycles. The van der Waals surface area contributed by atoms with E-state index in [0.717, 1.165) is 0 Å². The lowest BCUT2D eigenvalue weighted by Gasteiger charge is -2.12. The first kappa shape index (κ1) is 8.06. The van der Waals surface area contributed by atoms with Crippen molar-refractivity contribution in [3.63, 3.8) is 0 Å². The second-order valence-electron chi connectivity index (χ2n) is 3.10. The molecule has 0 N–H and O–H groups in total. The third-order valence-corrected chi connectivity index (χ3v) is 2.82. The van der Waals surface area contributed by atoms with Crippen LogP contribution in [0.15, 0.2) is 24.3 Å². The molecule has 2 rings (SSSR count). The summed E-state index contributed by atoms with van der Waals surface area (Å²) in [6, 6.07) is 9.41. The number of allylic oxidation sites excluding steroid dienone is 1. The van der Waals surface area contributed by atoms with Gasteiger partial charge in [0.05, 0.1) is 0 Å². The highest BCUT2D eigenvalue weighted by molar-refractivity contribution is 9.09. The molecule has 61 valence electrons. The third-order valence-electron chi connectivity index (χ3n) is 2.25. The van der Waals surface area contributed by atoms with Gasteiger partial charge in [-0.3, -0.25) is 0 Å². The Morgan fingerprint density at radius 2 is 2.42 bits per heavy atom. The number of hydrogen-bond acceptors (Lipinski definition) is 0. The lowest BCUT2D eigenvalue weighted by Crippen LogP contribution is -2.03. The molecule has 1 aromatic carbocycles. The van der Waals surface area contributed by atoms with Crippen LogP contribution in [0.2, 0.25) is 0 Å². The fraction of sp³-hybridized carbons (Fsp3) is 0.273. The summed E-state index contributed by atoms with van der Waals surface area (Å²) in [5, 5.41) is 0. The normalized spacial score (nSPS) is 22.3. The monoisotopic (exact) mass is 221 g/mol. The molecule has 1 aliphatic rings. The van der Waals surface area contributed by atoms with Crippen molar-refractivity contribution in [2.45, 2.75) is 17.7 Å². The molecule has 0 heterocycles. The van der Waals surface area contributed by atoms with Gasteiger partial charge in [-0.2, -0.15) is 0 Å². The van der Waals surface area contributed by atoms with E-state index in [4.69, 9.17) is 0 Å². The number of halogens is 1. The largest absolute Gasteiger partial charge is 0.0884 e. The smallest absolute Gasteiger partial charge is 0.0221 e. The lowest BCUT2D eigenvalue weighted by atomic mass is 9.99. The maximum Gasteiger partial charge on any atom is 0.0221 e. The minimum absolute atomic E-state index is 0.505. The quantitative estimate of drug-likeness (QED) is 0.639. The van der Waals surface area contributed by atoms with Gasteiger partial charge in [0, 0.05) is 10.7 Å². The molecule has 1 aromatic rings. The molecule has 0 amide bonds. The SMILES string of the molecule is CC(Br)C1C=Cc2[c]cccc21. The Morgan fingerprint density at radius 1 is 1.58 bits per heavy atom. The number of alkyl halides is 1. The average Bonchev–Trinajstić information content (AvgIpc) is 2.47. The van der Waals surface area contributed by atoms with E-state index >= 15 is 0 Å². The lowest BCUT2D eigenvalue weighted by molar-refractivity contribution is 0.851. The summed E-state index contributed by atoms with van der Waals surface area (Å²) in [4.78, 5) is 0.505. The molecule has 0 saturated heterocycles. The van der Waals surface area contributed by atoms with Gasteiger partial charge in [-0.05, 0) is 17.2 Å². The molecule has 12 heavy (non-hydrogen) atoms. The highest BCUT2D eigenvalue weighted by atomic mass is 79.9. The van der Waals surface area contributed by atoms with Crippen molar-refractivity contribution in [1.29, 1.82) is 0 Å². The van der Waals surface area contributed by atoms with E-state index in [1.165, 1.54) is 11.1 Å². The van der Waals surface area contributed by atoms with Crippen LogP contribution in [0.3, 0.4) is 0 Å². The van der Waals surface area contributed by atoms with Gasteiger partial charge in [0.1, 0.15) is 0 Å². The number of hydrogen-bond donors (Lipinski definition) is 0. The first-order valence-corrected chi connectivity index (χ1v) is 5.03. The molecular formula is C11H10Br. The van der Waals surface area contributed by atoms with Crippen LogP contribution in [0.4, 0.5) is 0 Å². The van der Waals surface area contributed by atoms with Crippen molar-refractivity contribution in [3.8, 4) is 0 Å². The second kappa shape index (κ2) is 3.06. The van der Waals surface area contributed by atoms with Crippen LogP contribution in [0.5, 0.6) is 0 Å². The van der Waals surface area contributed by atoms with Crippen LogP contribution in [0.25, 0.3) is 6.08 Å². The molecule has 0 aromatic heterocycles. The van der Waals surface area contributed by atoms with Crippen molar-refractivity contribution in [2.75, 3.05) is 0 Å². The zero-order chi connectivity index (χ0) is 8.55. The number of rotatable bonds is 1. The summed E-state index contributed by atoms with van der Waals surface area (Å²) < 4.78 is 0. The minimum atomic E-state index is 0.505. The first-order chi connectivity index (χ1) is 5.79. The van der Waals surface area contributed by atoms with E-state index in [9.17, 15) is 0 Å². The molecule has 1 radical (unpaired) electrons. The average molecular weight is 222 g/mol. The van der Waals surface area contributed by atoms with Crippen molar-refractivity contribution in [2.24, 2.45) is 0 Å². The Hall–Kier alpha value is -0.560. The third kappa shape index (κ3) is 1.22. The van der Waals surface area contributed by atoms with Crippen LogP contribution in [0.1, 0.15) is 24.0 Å². The predicted octanol–water partition coefficient (Wildman–Crippen LogP) is 3.38.